The van der Waals surface area contributed by atoms with E-state index in [0.717, 1.165) is 40.2 Å². The van der Waals surface area contributed by atoms with Crippen molar-refractivity contribution in [1.82, 2.24) is 4.57 Å². The number of anilines is 1. The topological polar surface area (TPSA) is 51.5 Å². The molecular weight excluding hydrogens is 396 g/mol. The van der Waals surface area contributed by atoms with Crippen molar-refractivity contribution in [1.29, 1.82) is 0 Å². The molecule has 0 atom stereocenters. The van der Waals surface area contributed by atoms with Gasteiger partial charge in [-0.25, -0.2) is 4.90 Å². The Balaban J connectivity index is 1.66. The van der Waals surface area contributed by atoms with Gasteiger partial charge >= 0.3 is 0 Å². The number of benzene rings is 2. The number of rotatable bonds is 5. The summed E-state index contributed by atoms with van der Waals surface area (Å²) >= 11 is 0.971. The van der Waals surface area contributed by atoms with Gasteiger partial charge in [0, 0.05) is 17.1 Å². The van der Waals surface area contributed by atoms with E-state index >= 15 is 0 Å². The summed E-state index contributed by atoms with van der Waals surface area (Å²) < 4.78 is 7.65. The molecule has 0 N–H and O–H groups in total. The van der Waals surface area contributed by atoms with Crippen LogP contribution in [-0.4, -0.2) is 22.3 Å². The van der Waals surface area contributed by atoms with Crippen LogP contribution in [0.1, 0.15) is 23.9 Å². The second-order valence-corrected chi connectivity index (χ2v) is 7.93. The number of para-hydroxylation sites is 1. The number of carbonyl (C=O) groups excluding carboxylic acids is 2. The average molecular weight is 419 g/mol. The fraction of sp³-hybridized carbons (Fsp3) is 0.167. The van der Waals surface area contributed by atoms with Crippen LogP contribution in [0.25, 0.3) is 11.8 Å². The number of amides is 2. The molecule has 0 saturated carbocycles. The zero-order chi connectivity index (χ0) is 21.3. The quantitative estimate of drug-likeness (QED) is 0.496. The lowest BCUT2D eigenvalue weighted by Gasteiger charge is -2.11. The van der Waals surface area contributed by atoms with E-state index < -0.39 is 0 Å². The summed E-state index contributed by atoms with van der Waals surface area (Å²) in [6.45, 7) is 6.62. The molecule has 2 amide bonds. The highest BCUT2D eigenvalue weighted by Gasteiger charge is 2.36. The smallest absolute Gasteiger partial charge is 0.298 e. The molecule has 0 unspecified atom stereocenters. The number of ether oxygens (including phenoxy) is 1. The van der Waals surface area contributed by atoms with E-state index in [1.807, 2.05) is 69.3 Å². The molecule has 1 fully saturated rings. The minimum absolute atomic E-state index is 0.280. The molecule has 152 valence electrons. The van der Waals surface area contributed by atoms with Gasteiger partial charge < -0.3 is 9.30 Å². The monoisotopic (exact) mass is 418 g/mol. The summed E-state index contributed by atoms with van der Waals surface area (Å²) in [5, 5.41) is -0.280. The first-order valence-corrected chi connectivity index (χ1v) is 10.6. The van der Waals surface area contributed by atoms with E-state index in [2.05, 4.69) is 4.57 Å². The van der Waals surface area contributed by atoms with Gasteiger partial charge in [0.25, 0.3) is 11.1 Å². The summed E-state index contributed by atoms with van der Waals surface area (Å²) in [6.07, 6.45) is 1.81. The van der Waals surface area contributed by atoms with Gasteiger partial charge in [0.15, 0.2) is 0 Å². The molecule has 1 saturated heterocycles. The van der Waals surface area contributed by atoms with Crippen molar-refractivity contribution in [3.8, 4) is 11.4 Å². The first-order valence-electron chi connectivity index (χ1n) is 9.74. The minimum Gasteiger partial charge on any atom is -0.494 e. The van der Waals surface area contributed by atoms with E-state index in [-0.39, 0.29) is 11.1 Å². The number of thioether (sulfide) groups is 1. The van der Waals surface area contributed by atoms with Gasteiger partial charge in [-0.15, -0.1) is 0 Å². The molecule has 0 aliphatic carbocycles. The SMILES string of the molecule is CCOc1ccc(-n2c(C)cc(C=C3SC(=O)N(c4ccccc4)C3=O)c2C)cc1. The molecule has 3 aromatic rings. The number of aromatic nitrogens is 1. The molecule has 6 heteroatoms. The van der Waals surface area contributed by atoms with Gasteiger partial charge in [-0.2, -0.15) is 0 Å². The Kier molecular flexibility index (Phi) is 5.50. The Bertz CT molecular complexity index is 1130. The normalized spacial score (nSPS) is 15.3. The molecule has 1 aromatic heterocycles. The molecule has 0 radical (unpaired) electrons. The molecular formula is C24H22N2O3S. The maximum Gasteiger partial charge on any atom is 0.298 e. The van der Waals surface area contributed by atoms with Gasteiger partial charge in [-0.1, -0.05) is 18.2 Å². The van der Waals surface area contributed by atoms with E-state index in [9.17, 15) is 9.59 Å². The largest absolute Gasteiger partial charge is 0.494 e. The van der Waals surface area contributed by atoms with Crippen LogP contribution in [0.15, 0.2) is 65.6 Å². The van der Waals surface area contributed by atoms with Gasteiger partial charge in [-0.05, 0) is 86.6 Å². The average Bonchev–Trinajstić information content (AvgIpc) is 3.18. The van der Waals surface area contributed by atoms with Crippen molar-refractivity contribution in [2.24, 2.45) is 0 Å². The lowest BCUT2D eigenvalue weighted by atomic mass is 10.2. The van der Waals surface area contributed by atoms with E-state index in [4.69, 9.17) is 4.74 Å². The van der Waals surface area contributed by atoms with Crippen LogP contribution in [-0.2, 0) is 4.79 Å². The predicted octanol–water partition coefficient (Wildman–Crippen LogP) is 5.73. The van der Waals surface area contributed by atoms with Crippen LogP contribution >= 0.6 is 11.8 Å². The second-order valence-electron chi connectivity index (χ2n) is 6.94. The first-order chi connectivity index (χ1) is 14.5. The van der Waals surface area contributed by atoms with Gasteiger partial charge in [-0.3, -0.25) is 9.59 Å². The van der Waals surface area contributed by atoms with Crippen LogP contribution in [0.3, 0.4) is 0 Å². The van der Waals surface area contributed by atoms with Crippen LogP contribution < -0.4 is 9.64 Å². The Morgan fingerprint density at radius 3 is 2.33 bits per heavy atom. The molecule has 0 bridgehead atoms. The molecule has 5 nitrogen and oxygen atoms in total. The van der Waals surface area contributed by atoms with Crippen molar-refractivity contribution in [2.45, 2.75) is 20.8 Å². The zero-order valence-corrected chi connectivity index (χ0v) is 17.9. The highest BCUT2D eigenvalue weighted by Crippen LogP contribution is 2.36. The van der Waals surface area contributed by atoms with Crippen LogP contribution in [0, 0.1) is 13.8 Å². The van der Waals surface area contributed by atoms with Crippen molar-refractivity contribution in [3.63, 3.8) is 0 Å². The lowest BCUT2D eigenvalue weighted by Crippen LogP contribution is -2.27. The number of carbonyl (C=O) groups is 2. The van der Waals surface area contributed by atoms with Crippen molar-refractivity contribution >= 4 is 34.7 Å². The van der Waals surface area contributed by atoms with Gasteiger partial charge in [0.2, 0.25) is 0 Å². The fourth-order valence-corrected chi connectivity index (χ4v) is 4.43. The van der Waals surface area contributed by atoms with Gasteiger partial charge in [0.1, 0.15) is 5.75 Å². The molecule has 30 heavy (non-hydrogen) atoms. The summed E-state index contributed by atoms with van der Waals surface area (Å²) in [6, 6.07) is 18.9. The van der Waals surface area contributed by atoms with E-state index in [1.54, 1.807) is 18.2 Å². The Labute approximate surface area is 180 Å². The zero-order valence-electron chi connectivity index (χ0n) is 17.1. The first kappa shape index (κ1) is 20.0. The number of imide groups is 1. The summed E-state index contributed by atoms with van der Waals surface area (Å²) in [4.78, 5) is 27.0. The number of hydrogen-bond donors (Lipinski definition) is 0. The maximum absolute atomic E-state index is 12.9. The fourth-order valence-electron chi connectivity index (χ4n) is 3.60. The van der Waals surface area contributed by atoms with Crippen LogP contribution in [0.4, 0.5) is 10.5 Å². The molecule has 0 spiro atoms. The third-order valence-corrected chi connectivity index (χ3v) is 5.84. The Morgan fingerprint density at radius 2 is 1.67 bits per heavy atom. The third kappa shape index (κ3) is 3.66. The predicted molar refractivity (Wildman–Crippen MR) is 121 cm³/mol. The Morgan fingerprint density at radius 1 is 0.967 bits per heavy atom. The highest BCUT2D eigenvalue weighted by molar-refractivity contribution is 8.19. The van der Waals surface area contributed by atoms with E-state index in [0.29, 0.717) is 17.2 Å². The number of hydrogen-bond acceptors (Lipinski definition) is 4. The molecule has 1 aliphatic heterocycles. The number of nitrogens with zero attached hydrogens (tertiary/aromatic N) is 2. The molecule has 4 rings (SSSR count). The second kappa shape index (κ2) is 8.24. The molecule has 1 aliphatic rings. The summed E-state index contributed by atoms with van der Waals surface area (Å²) in [5.41, 5.74) is 4.57. The van der Waals surface area contributed by atoms with Gasteiger partial charge in [0.05, 0.1) is 17.2 Å². The number of aryl methyl sites for hydroxylation is 1. The highest BCUT2D eigenvalue weighted by atomic mass is 32.2. The minimum atomic E-state index is -0.290. The summed E-state index contributed by atoms with van der Waals surface area (Å²) in [5.74, 6) is 0.542. The van der Waals surface area contributed by atoms with Crippen LogP contribution in [0.2, 0.25) is 0 Å². The van der Waals surface area contributed by atoms with Crippen molar-refractivity contribution in [2.75, 3.05) is 11.5 Å². The van der Waals surface area contributed by atoms with Crippen LogP contribution in [0.5, 0.6) is 5.75 Å². The van der Waals surface area contributed by atoms with Crippen molar-refractivity contribution in [3.05, 3.63) is 82.5 Å². The van der Waals surface area contributed by atoms with E-state index in [1.165, 1.54) is 4.90 Å². The standard InChI is InChI=1S/C24H22N2O3S/c1-4-29-21-12-10-20(11-13-21)25-16(2)14-18(17(25)3)15-22-23(27)26(24(28)30-22)19-8-6-5-7-9-19/h5-15H,4H2,1-3H3. The lowest BCUT2D eigenvalue weighted by molar-refractivity contribution is -0.113. The summed E-state index contributed by atoms with van der Waals surface area (Å²) in [7, 11) is 0. The third-order valence-electron chi connectivity index (χ3n) is 4.97. The molecule has 2 aromatic carbocycles. The molecule has 2 heterocycles. The Hall–Kier alpha value is -3.25. The van der Waals surface area contributed by atoms with Crippen molar-refractivity contribution < 1.29 is 14.3 Å². The maximum atomic E-state index is 12.9.